The Morgan fingerprint density at radius 2 is 1.88 bits per heavy atom. The summed E-state index contributed by atoms with van der Waals surface area (Å²) in [4.78, 5) is 48.1. The number of amides is 4. The van der Waals surface area contributed by atoms with Gasteiger partial charge in [0.2, 0.25) is 0 Å². The fourth-order valence-electron chi connectivity index (χ4n) is 2.62. The zero-order valence-corrected chi connectivity index (χ0v) is 14.2. The summed E-state index contributed by atoms with van der Waals surface area (Å²) in [5.41, 5.74) is 1.59. The van der Waals surface area contributed by atoms with E-state index in [0.717, 1.165) is 0 Å². The van der Waals surface area contributed by atoms with Crippen LogP contribution in [0, 0.1) is 0 Å². The Bertz CT molecular complexity index is 676. The van der Waals surface area contributed by atoms with Crippen molar-refractivity contribution in [2.75, 3.05) is 6.61 Å². The molecule has 1 fully saturated rings. The second-order valence-corrected chi connectivity index (χ2v) is 5.64. The SMILES string of the molecule is CCCC(=O)OCC(=O)NN1C(=O)N[C@@](CC)(c2ccccc2)C1=O. The Hall–Kier alpha value is -2.90. The van der Waals surface area contributed by atoms with Crippen molar-refractivity contribution in [3.8, 4) is 0 Å². The van der Waals surface area contributed by atoms with Crippen molar-refractivity contribution in [1.82, 2.24) is 15.8 Å². The molecule has 0 spiro atoms. The molecule has 8 heteroatoms. The molecule has 0 saturated carbocycles. The van der Waals surface area contributed by atoms with Gasteiger partial charge in [0.15, 0.2) is 6.61 Å². The topological polar surface area (TPSA) is 105 Å². The number of carbonyl (C=O) groups is 4. The van der Waals surface area contributed by atoms with Crippen molar-refractivity contribution < 1.29 is 23.9 Å². The summed E-state index contributed by atoms with van der Waals surface area (Å²) in [5.74, 6) is -1.85. The number of hydrazine groups is 1. The number of imide groups is 1. The van der Waals surface area contributed by atoms with Crippen LogP contribution in [-0.4, -0.2) is 35.4 Å². The highest BCUT2D eigenvalue weighted by atomic mass is 16.5. The van der Waals surface area contributed by atoms with Gasteiger partial charge >= 0.3 is 12.0 Å². The first-order chi connectivity index (χ1) is 11.9. The van der Waals surface area contributed by atoms with Gasteiger partial charge in [-0.2, -0.15) is 5.01 Å². The second-order valence-electron chi connectivity index (χ2n) is 5.64. The number of ether oxygens (including phenoxy) is 1. The molecule has 1 heterocycles. The molecule has 1 aromatic carbocycles. The number of urea groups is 1. The maximum atomic E-state index is 12.8. The van der Waals surface area contributed by atoms with E-state index in [2.05, 4.69) is 10.7 Å². The molecule has 0 aliphatic carbocycles. The van der Waals surface area contributed by atoms with Gasteiger partial charge in [-0.15, -0.1) is 0 Å². The summed E-state index contributed by atoms with van der Waals surface area (Å²) in [6.45, 7) is 3.02. The Morgan fingerprint density at radius 1 is 1.20 bits per heavy atom. The van der Waals surface area contributed by atoms with Crippen LogP contribution >= 0.6 is 0 Å². The molecular weight excluding hydrogens is 326 g/mol. The van der Waals surface area contributed by atoms with E-state index < -0.39 is 36.0 Å². The molecule has 1 saturated heterocycles. The number of carbonyl (C=O) groups excluding carboxylic acids is 4. The van der Waals surface area contributed by atoms with E-state index in [1.807, 2.05) is 6.92 Å². The molecule has 8 nitrogen and oxygen atoms in total. The molecule has 4 amide bonds. The van der Waals surface area contributed by atoms with Crippen LogP contribution in [0.15, 0.2) is 30.3 Å². The van der Waals surface area contributed by atoms with Crippen molar-refractivity contribution in [1.29, 1.82) is 0 Å². The second kappa shape index (κ2) is 7.78. The standard InChI is InChI=1S/C17H21N3O5/c1-3-8-14(22)25-11-13(21)19-20-15(23)17(4-2,18-16(20)24)12-9-6-5-7-10-12/h5-7,9-10H,3-4,8,11H2,1-2H3,(H,18,24)(H,19,21)/t17-/m0/s1. The summed E-state index contributed by atoms with van der Waals surface area (Å²) < 4.78 is 4.77. The van der Waals surface area contributed by atoms with E-state index in [4.69, 9.17) is 4.74 Å². The predicted molar refractivity (Wildman–Crippen MR) is 87.8 cm³/mol. The van der Waals surface area contributed by atoms with Crippen LogP contribution in [0.25, 0.3) is 0 Å². The van der Waals surface area contributed by atoms with E-state index in [1.54, 1.807) is 37.3 Å². The fourth-order valence-corrected chi connectivity index (χ4v) is 2.62. The molecule has 134 valence electrons. The van der Waals surface area contributed by atoms with E-state index in [1.165, 1.54) is 0 Å². The molecule has 2 N–H and O–H groups in total. The third kappa shape index (κ3) is 3.78. The number of rotatable bonds is 7. The van der Waals surface area contributed by atoms with E-state index in [0.29, 0.717) is 23.4 Å². The third-order valence-corrected chi connectivity index (χ3v) is 3.94. The van der Waals surface area contributed by atoms with E-state index in [9.17, 15) is 19.2 Å². The summed E-state index contributed by atoms with van der Waals surface area (Å²) in [7, 11) is 0. The normalized spacial score (nSPS) is 19.5. The largest absolute Gasteiger partial charge is 0.455 e. The Labute approximate surface area is 145 Å². The lowest BCUT2D eigenvalue weighted by Crippen LogP contribution is -2.49. The van der Waals surface area contributed by atoms with Gasteiger partial charge in [0.1, 0.15) is 5.54 Å². The summed E-state index contributed by atoms with van der Waals surface area (Å²) in [6, 6.07) is 8.07. The Balaban J connectivity index is 2.08. The van der Waals surface area contributed by atoms with Crippen molar-refractivity contribution >= 4 is 23.8 Å². The first-order valence-corrected chi connectivity index (χ1v) is 8.12. The Morgan fingerprint density at radius 3 is 2.48 bits per heavy atom. The molecule has 1 aromatic rings. The first-order valence-electron chi connectivity index (χ1n) is 8.12. The zero-order valence-electron chi connectivity index (χ0n) is 14.2. The molecular formula is C17H21N3O5. The van der Waals surface area contributed by atoms with E-state index >= 15 is 0 Å². The molecule has 1 atom stereocenters. The maximum absolute atomic E-state index is 12.8. The number of benzene rings is 1. The number of nitrogens with one attached hydrogen (secondary N) is 2. The van der Waals surface area contributed by atoms with Gasteiger partial charge in [-0.3, -0.25) is 19.8 Å². The molecule has 0 bridgehead atoms. The smallest absolute Gasteiger partial charge is 0.344 e. The van der Waals surface area contributed by atoms with Crippen molar-refractivity contribution in [2.24, 2.45) is 0 Å². The molecule has 0 radical (unpaired) electrons. The van der Waals surface area contributed by atoms with Gasteiger partial charge in [0.05, 0.1) is 0 Å². The molecule has 0 unspecified atom stereocenters. The van der Waals surface area contributed by atoms with E-state index in [-0.39, 0.29) is 6.42 Å². The Kier molecular flexibility index (Phi) is 5.74. The van der Waals surface area contributed by atoms with Gasteiger partial charge in [0.25, 0.3) is 11.8 Å². The third-order valence-electron chi connectivity index (χ3n) is 3.94. The lowest BCUT2D eigenvalue weighted by molar-refractivity contribution is -0.150. The van der Waals surface area contributed by atoms with Crippen molar-refractivity contribution in [2.45, 2.75) is 38.6 Å². The lowest BCUT2D eigenvalue weighted by atomic mass is 9.87. The predicted octanol–water partition coefficient (Wildman–Crippen LogP) is 1.22. The number of esters is 1. The minimum absolute atomic E-state index is 0.198. The number of hydrogen-bond acceptors (Lipinski definition) is 5. The fraction of sp³-hybridized carbons (Fsp3) is 0.412. The summed E-state index contributed by atoms with van der Waals surface area (Å²) in [6.07, 6.45) is 1.12. The van der Waals surface area contributed by atoms with Gasteiger partial charge in [-0.05, 0) is 18.4 Å². The molecule has 1 aliphatic heterocycles. The summed E-state index contributed by atoms with van der Waals surface area (Å²) >= 11 is 0. The van der Waals surface area contributed by atoms with Gasteiger partial charge in [-0.1, -0.05) is 44.2 Å². The van der Waals surface area contributed by atoms with Crippen LogP contribution in [0.1, 0.15) is 38.7 Å². The molecule has 2 rings (SSSR count). The van der Waals surface area contributed by atoms with Crippen LogP contribution in [0.2, 0.25) is 0 Å². The number of nitrogens with zero attached hydrogens (tertiary/aromatic N) is 1. The zero-order chi connectivity index (χ0) is 18.4. The monoisotopic (exact) mass is 347 g/mol. The first kappa shape index (κ1) is 18.4. The minimum Gasteiger partial charge on any atom is -0.455 e. The molecule has 0 aromatic heterocycles. The lowest BCUT2D eigenvalue weighted by Gasteiger charge is -2.25. The quantitative estimate of drug-likeness (QED) is 0.570. The van der Waals surface area contributed by atoms with Gasteiger partial charge < -0.3 is 10.1 Å². The van der Waals surface area contributed by atoms with Crippen LogP contribution < -0.4 is 10.7 Å². The van der Waals surface area contributed by atoms with Crippen LogP contribution in [-0.2, 0) is 24.7 Å². The average Bonchev–Trinajstić information content (AvgIpc) is 2.86. The highest BCUT2D eigenvalue weighted by Crippen LogP contribution is 2.31. The average molecular weight is 347 g/mol. The maximum Gasteiger partial charge on any atom is 0.344 e. The van der Waals surface area contributed by atoms with Crippen molar-refractivity contribution in [3.63, 3.8) is 0 Å². The van der Waals surface area contributed by atoms with Crippen molar-refractivity contribution in [3.05, 3.63) is 35.9 Å². The highest BCUT2D eigenvalue weighted by Gasteiger charge is 2.52. The van der Waals surface area contributed by atoms with Crippen LogP contribution in [0.3, 0.4) is 0 Å². The van der Waals surface area contributed by atoms with Crippen LogP contribution in [0.5, 0.6) is 0 Å². The van der Waals surface area contributed by atoms with Crippen LogP contribution in [0.4, 0.5) is 4.79 Å². The van der Waals surface area contributed by atoms with Gasteiger partial charge in [-0.25, -0.2) is 4.79 Å². The molecule has 25 heavy (non-hydrogen) atoms. The number of hydrogen-bond donors (Lipinski definition) is 2. The minimum atomic E-state index is -1.23. The highest BCUT2D eigenvalue weighted by molar-refractivity contribution is 6.08. The van der Waals surface area contributed by atoms with Gasteiger partial charge in [0, 0.05) is 6.42 Å². The molecule has 1 aliphatic rings. The summed E-state index contributed by atoms with van der Waals surface area (Å²) in [5, 5.41) is 3.27.